The predicted molar refractivity (Wildman–Crippen MR) is 118 cm³/mol. The van der Waals surface area contributed by atoms with Gasteiger partial charge >= 0.3 is 5.69 Å². The van der Waals surface area contributed by atoms with Crippen LogP contribution < -0.4 is 16.6 Å². The molecule has 0 radical (unpaired) electrons. The van der Waals surface area contributed by atoms with Crippen LogP contribution in [0.3, 0.4) is 0 Å². The van der Waals surface area contributed by atoms with Gasteiger partial charge in [0.1, 0.15) is 5.65 Å². The lowest BCUT2D eigenvalue weighted by atomic mass is 10.2. The Morgan fingerprint density at radius 3 is 2.68 bits per heavy atom. The van der Waals surface area contributed by atoms with Gasteiger partial charge in [-0.25, -0.2) is 9.78 Å². The molecule has 0 aliphatic carbocycles. The number of carbonyl (C=O) groups excluding carboxylic acids is 1. The molecule has 158 valence electrons. The highest BCUT2D eigenvalue weighted by Gasteiger charge is 2.16. The van der Waals surface area contributed by atoms with Gasteiger partial charge in [0.15, 0.2) is 0 Å². The molecule has 0 bridgehead atoms. The number of aromatic nitrogens is 5. The van der Waals surface area contributed by atoms with Gasteiger partial charge < -0.3 is 5.32 Å². The molecular weight excluding hydrogens is 420 g/mol. The first-order chi connectivity index (χ1) is 14.7. The molecule has 0 aliphatic heterocycles. The average Bonchev–Trinajstić information content (AvgIpc) is 3.10. The van der Waals surface area contributed by atoms with Gasteiger partial charge in [-0.1, -0.05) is 23.7 Å². The van der Waals surface area contributed by atoms with Crippen molar-refractivity contribution in [3.05, 3.63) is 85.4 Å². The highest BCUT2D eigenvalue weighted by atomic mass is 35.5. The molecule has 1 N–H and O–H groups in total. The van der Waals surface area contributed by atoms with Gasteiger partial charge in [-0.2, -0.15) is 5.10 Å². The normalized spacial score (nSPS) is 11.1. The zero-order valence-corrected chi connectivity index (χ0v) is 17.8. The van der Waals surface area contributed by atoms with Gasteiger partial charge in [-0.15, -0.1) is 0 Å². The van der Waals surface area contributed by atoms with E-state index in [0.717, 1.165) is 10.1 Å². The number of aryl methyl sites for hydroxylation is 2. The maximum Gasteiger partial charge on any atom is 0.332 e. The van der Waals surface area contributed by atoms with E-state index in [1.807, 2.05) is 18.2 Å². The summed E-state index contributed by atoms with van der Waals surface area (Å²) in [5.74, 6) is -0.377. The first kappa shape index (κ1) is 20.5. The summed E-state index contributed by atoms with van der Waals surface area (Å²) in [6, 6.07) is 8.92. The largest absolute Gasteiger partial charge is 0.332 e. The van der Waals surface area contributed by atoms with E-state index in [-0.39, 0.29) is 16.9 Å². The van der Waals surface area contributed by atoms with Gasteiger partial charge in [-0.05, 0) is 30.7 Å². The summed E-state index contributed by atoms with van der Waals surface area (Å²) in [6.45, 7) is 2.21. The van der Waals surface area contributed by atoms with Crippen molar-refractivity contribution in [2.75, 3.05) is 5.32 Å². The van der Waals surface area contributed by atoms with E-state index in [1.54, 1.807) is 23.9 Å². The van der Waals surface area contributed by atoms with E-state index in [2.05, 4.69) is 15.4 Å². The monoisotopic (exact) mass is 438 g/mol. The Morgan fingerprint density at radius 1 is 1.16 bits per heavy atom. The van der Waals surface area contributed by atoms with Crippen LogP contribution in [0.1, 0.15) is 21.6 Å². The average molecular weight is 439 g/mol. The number of anilines is 1. The number of benzene rings is 1. The Kier molecular flexibility index (Phi) is 5.20. The van der Waals surface area contributed by atoms with E-state index < -0.39 is 11.2 Å². The van der Waals surface area contributed by atoms with E-state index >= 15 is 0 Å². The Hall–Kier alpha value is -3.72. The summed E-state index contributed by atoms with van der Waals surface area (Å²) in [5, 5.41) is 8.01. The molecule has 0 spiro atoms. The molecule has 10 heteroatoms. The second-order valence-corrected chi connectivity index (χ2v) is 7.65. The van der Waals surface area contributed by atoms with Gasteiger partial charge in [0.25, 0.3) is 11.5 Å². The second kappa shape index (κ2) is 7.84. The molecule has 4 rings (SSSR count). The van der Waals surface area contributed by atoms with Crippen LogP contribution in [0.15, 0.2) is 52.3 Å². The van der Waals surface area contributed by atoms with Gasteiger partial charge in [-0.3, -0.25) is 23.4 Å². The first-order valence-electron chi connectivity index (χ1n) is 9.40. The second-order valence-electron chi connectivity index (χ2n) is 7.21. The number of nitrogens with zero attached hydrogens (tertiary/aromatic N) is 5. The van der Waals surface area contributed by atoms with Crippen molar-refractivity contribution in [1.29, 1.82) is 0 Å². The van der Waals surface area contributed by atoms with Crippen LogP contribution in [0.2, 0.25) is 5.02 Å². The molecule has 1 amide bonds. The third-order valence-corrected chi connectivity index (χ3v) is 5.21. The van der Waals surface area contributed by atoms with Crippen LogP contribution >= 0.6 is 11.6 Å². The SMILES string of the molecule is Cc1nn(Cc2cccc(Cl)c2)cc1C(=O)Nc1cnc2c(c1)c(=O)n(C)c(=O)n2C. The molecule has 0 fully saturated rings. The van der Waals surface area contributed by atoms with Crippen molar-refractivity contribution in [3.8, 4) is 0 Å². The summed E-state index contributed by atoms with van der Waals surface area (Å²) in [5.41, 5.74) is 1.56. The fourth-order valence-electron chi connectivity index (χ4n) is 3.38. The number of hydrogen-bond donors (Lipinski definition) is 1. The minimum absolute atomic E-state index is 0.232. The molecule has 9 nitrogen and oxygen atoms in total. The summed E-state index contributed by atoms with van der Waals surface area (Å²) < 4.78 is 3.95. The van der Waals surface area contributed by atoms with Gasteiger partial charge in [0.2, 0.25) is 0 Å². The van der Waals surface area contributed by atoms with E-state index in [1.165, 1.54) is 30.9 Å². The van der Waals surface area contributed by atoms with Crippen molar-refractivity contribution in [1.82, 2.24) is 23.9 Å². The Morgan fingerprint density at radius 2 is 1.94 bits per heavy atom. The number of fused-ring (bicyclic) bond motifs is 1. The van der Waals surface area contributed by atoms with E-state index in [0.29, 0.717) is 28.5 Å². The summed E-state index contributed by atoms with van der Waals surface area (Å²) in [4.78, 5) is 41.5. The fourth-order valence-corrected chi connectivity index (χ4v) is 3.59. The number of amides is 1. The van der Waals surface area contributed by atoms with Crippen molar-refractivity contribution in [2.24, 2.45) is 14.1 Å². The lowest BCUT2D eigenvalue weighted by Gasteiger charge is -2.09. The summed E-state index contributed by atoms with van der Waals surface area (Å²) in [7, 11) is 2.93. The van der Waals surface area contributed by atoms with Crippen molar-refractivity contribution in [2.45, 2.75) is 13.5 Å². The molecular formula is C21H19ClN6O3. The molecule has 0 unspecified atom stereocenters. The van der Waals surface area contributed by atoms with Crippen molar-refractivity contribution in [3.63, 3.8) is 0 Å². The number of nitrogens with one attached hydrogen (secondary N) is 1. The molecule has 1 aromatic carbocycles. The Labute approximate surface area is 181 Å². The predicted octanol–water partition coefficient (Wildman–Crippen LogP) is 2.09. The minimum Gasteiger partial charge on any atom is -0.320 e. The Balaban J connectivity index is 1.61. The lowest BCUT2D eigenvalue weighted by molar-refractivity contribution is 0.102. The topological polar surface area (TPSA) is 104 Å². The molecule has 0 saturated carbocycles. The molecule has 3 aromatic heterocycles. The number of pyridine rings is 1. The third-order valence-electron chi connectivity index (χ3n) is 4.98. The van der Waals surface area contributed by atoms with Crippen LogP contribution in [-0.2, 0) is 20.6 Å². The van der Waals surface area contributed by atoms with Crippen LogP contribution in [0, 0.1) is 6.92 Å². The van der Waals surface area contributed by atoms with Crippen LogP contribution in [0.25, 0.3) is 11.0 Å². The quantitative estimate of drug-likeness (QED) is 0.525. The highest BCUT2D eigenvalue weighted by Crippen LogP contribution is 2.16. The molecule has 31 heavy (non-hydrogen) atoms. The van der Waals surface area contributed by atoms with Gasteiger partial charge in [0, 0.05) is 25.3 Å². The standard InChI is InChI=1S/C21H19ClN6O3/c1-12-17(11-28(25-12)10-13-5-4-6-14(22)7-13)19(29)24-15-8-16-18(23-9-15)26(2)21(31)27(3)20(16)30/h4-9,11H,10H2,1-3H3,(H,24,29). The maximum atomic E-state index is 12.8. The zero-order valence-electron chi connectivity index (χ0n) is 17.1. The van der Waals surface area contributed by atoms with Crippen LogP contribution in [0.5, 0.6) is 0 Å². The molecule has 3 heterocycles. The Bertz CT molecular complexity index is 1450. The molecule has 0 saturated heterocycles. The molecule has 0 aliphatic rings. The van der Waals surface area contributed by atoms with Gasteiger partial charge in [0.05, 0.1) is 35.1 Å². The number of rotatable bonds is 4. The number of hydrogen-bond acceptors (Lipinski definition) is 5. The fraction of sp³-hybridized carbons (Fsp3) is 0.190. The number of carbonyl (C=O) groups is 1. The molecule has 0 atom stereocenters. The van der Waals surface area contributed by atoms with Crippen LogP contribution in [0.4, 0.5) is 5.69 Å². The van der Waals surface area contributed by atoms with E-state index in [4.69, 9.17) is 11.6 Å². The third kappa shape index (κ3) is 3.87. The van der Waals surface area contributed by atoms with Crippen molar-refractivity contribution < 1.29 is 4.79 Å². The summed E-state index contributed by atoms with van der Waals surface area (Å²) >= 11 is 6.03. The highest BCUT2D eigenvalue weighted by molar-refractivity contribution is 6.30. The van der Waals surface area contributed by atoms with Crippen LogP contribution in [-0.4, -0.2) is 29.8 Å². The summed E-state index contributed by atoms with van der Waals surface area (Å²) in [6.07, 6.45) is 3.06. The first-order valence-corrected chi connectivity index (χ1v) is 9.78. The van der Waals surface area contributed by atoms with E-state index in [9.17, 15) is 14.4 Å². The molecule has 4 aromatic rings. The smallest absolute Gasteiger partial charge is 0.320 e. The maximum absolute atomic E-state index is 12.8. The van der Waals surface area contributed by atoms with Crippen molar-refractivity contribution >= 4 is 34.2 Å². The lowest BCUT2D eigenvalue weighted by Crippen LogP contribution is -2.37. The minimum atomic E-state index is -0.479. The number of halogens is 1. The zero-order chi connectivity index (χ0) is 22.3.